The van der Waals surface area contributed by atoms with Gasteiger partial charge in [0.1, 0.15) is 11.6 Å². The normalized spacial score (nSPS) is 13.8. The van der Waals surface area contributed by atoms with Gasteiger partial charge in [-0.05, 0) is 25.0 Å². The van der Waals surface area contributed by atoms with Crippen LogP contribution >= 0.6 is 11.8 Å². The van der Waals surface area contributed by atoms with E-state index in [0.29, 0.717) is 29.9 Å². The van der Waals surface area contributed by atoms with Crippen molar-refractivity contribution in [2.45, 2.75) is 43.4 Å². The lowest BCUT2D eigenvalue weighted by Crippen LogP contribution is -2.24. The van der Waals surface area contributed by atoms with E-state index in [1.54, 1.807) is 12.3 Å². The molecular formula is C15H19N5O3S. The van der Waals surface area contributed by atoms with Crippen LogP contribution in [-0.2, 0) is 22.6 Å². The molecule has 0 bridgehead atoms. The highest BCUT2D eigenvalue weighted by atomic mass is 32.2. The van der Waals surface area contributed by atoms with Crippen LogP contribution in [0.1, 0.15) is 36.9 Å². The standard InChI is InChI=1S/C15H19N5O3S/c16-12(21)5-6-13-18-19-15(20(13)10-3-4-10)24-9-14(22)17-8-11-2-1-7-23-11/h1-2,7,10H,3-6,8-9H2,(H2,16,21)(H,17,22). The second-order valence-corrected chi connectivity index (χ2v) is 6.55. The quantitative estimate of drug-likeness (QED) is 0.653. The number of furan rings is 1. The van der Waals surface area contributed by atoms with Crippen molar-refractivity contribution in [2.75, 3.05) is 5.75 Å². The molecule has 2 aromatic heterocycles. The van der Waals surface area contributed by atoms with Crippen LogP contribution in [0, 0.1) is 0 Å². The zero-order valence-electron chi connectivity index (χ0n) is 13.1. The summed E-state index contributed by atoms with van der Waals surface area (Å²) in [6.45, 7) is 0.367. The molecule has 0 spiro atoms. The van der Waals surface area contributed by atoms with E-state index in [1.807, 2.05) is 10.6 Å². The number of nitrogens with zero attached hydrogens (tertiary/aromatic N) is 3. The van der Waals surface area contributed by atoms with Crippen molar-refractivity contribution in [3.05, 3.63) is 30.0 Å². The Morgan fingerprint density at radius 2 is 2.25 bits per heavy atom. The van der Waals surface area contributed by atoms with Crippen molar-refractivity contribution in [1.82, 2.24) is 20.1 Å². The summed E-state index contributed by atoms with van der Waals surface area (Å²) < 4.78 is 7.20. The van der Waals surface area contributed by atoms with Crippen molar-refractivity contribution in [3.63, 3.8) is 0 Å². The molecule has 1 fully saturated rings. The smallest absolute Gasteiger partial charge is 0.230 e. The van der Waals surface area contributed by atoms with Gasteiger partial charge in [-0.3, -0.25) is 9.59 Å². The Morgan fingerprint density at radius 1 is 1.42 bits per heavy atom. The number of primary amides is 1. The lowest BCUT2D eigenvalue weighted by atomic mass is 10.3. The molecule has 0 aromatic carbocycles. The lowest BCUT2D eigenvalue weighted by molar-refractivity contribution is -0.119. The number of aromatic nitrogens is 3. The van der Waals surface area contributed by atoms with Crippen LogP contribution in [0.25, 0.3) is 0 Å². The van der Waals surface area contributed by atoms with Crippen molar-refractivity contribution in [3.8, 4) is 0 Å². The van der Waals surface area contributed by atoms with E-state index in [4.69, 9.17) is 10.2 Å². The van der Waals surface area contributed by atoms with E-state index < -0.39 is 0 Å². The average molecular weight is 349 g/mol. The van der Waals surface area contributed by atoms with Crippen molar-refractivity contribution < 1.29 is 14.0 Å². The monoisotopic (exact) mass is 349 g/mol. The predicted molar refractivity (Wildman–Crippen MR) is 87.1 cm³/mol. The highest BCUT2D eigenvalue weighted by molar-refractivity contribution is 7.99. The van der Waals surface area contributed by atoms with Crippen molar-refractivity contribution in [1.29, 1.82) is 0 Å². The highest BCUT2D eigenvalue weighted by Gasteiger charge is 2.29. The van der Waals surface area contributed by atoms with Crippen LogP contribution in [0.2, 0.25) is 0 Å². The number of aryl methyl sites for hydroxylation is 1. The van der Waals surface area contributed by atoms with Crippen LogP contribution in [-0.4, -0.2) is 32.3 Å². The minimum absolute atomic E-state index is 0.0968. The summed E-state index contributed by atoms with van der Waals surface area (Å²) in [5, 5.41) is 11.8. The SMILES string of the molecule is NC(=O)CCc1nnc(SCC(=O)NCc2ccco2)n1C1CC1. The maximum atomic E-state index is 11.9. The Kier molecular flexibility index (Phi) is 5.19. The third-order valence-corrected chi connectivity index (χ3v) is 4.56. The first kappa shape index (κ1) is 16.6. The fourth-order valence-electron chi connectivity index (χ4n) is 2.29. The number of hydrogen-bond donors (Lipinski definition) is 2. The molecule has 3 N–H and O–H groups in total. The Labute approximate surface area is 143 Å². The summed E-state index contributed by atoms with van der Waals surface area (Å²) in [5.41, 5.74) is 5.20. The Morgan fingerprint density at radius 3 is 2.92 bits per heavy atom. The molecule has 0 saturated heterocycles. The number of carbonyl (C=O) groups is 2. The largest absolute Gasteiger partial charge is 0.467 e. The third-order valence-electron chi connectivity index (χ3n) is 3.61. The molecule has 3 rings (SSSR count). The first-order chi connectivity index (χ1) is 11.6. The second-order valence-electron chi connectivity index (χ2n) is 5.61. The minimum atomic E-state index is -0.355. The fourth-order valence-corrected chi connectivity index (χ4v) is 3.15. The van der Waals surface area contributed by atoms with Gasteiger partial charge in [0, 0.05) is 18.9 Å². The zero-order chi connectivity index (χ0) is 16.9. The number of thioether (sulfide) groups is 1. The van der Waals surface area contributed by atoms with Gasteiger partial charge in [0.05, 0.1) is 18.6 Å². The topological polar surface area (TPSA) is 116 Å². The molecule has 9 heteroatoms. The van der Waals surface area contributed by atoms with Gasteiger partial charge in [0.2, 0.25) is 11.8 Å². The molecule has 0 unspecified atom stereocenters. The maximum absolute atomic E-state index is 11.9. The van der Waals surface area contributed by atoms with Gasteiger partial charge in [-0.15, -0.1) is 10.2 Å². The van der Waals surface area contributed by atoms with E-state index in [-0.39, 0.29) is 24.0 Å². The molecule has 2 aromatic rings. The van der Waals surface area contributed by atoms with E-state index in [2.05, 4.69) is 15.5 Å². The van der Waals surface area contributed by atoms with Crippen LogP contribution < -0.4 is 11.1 Å². The molecule has 2 heterocycles. The molecule has 0 aliphatic heterocycles. The van der Waals surface area contributed by atoms with Gasteiger partial charge in [-0.2, -0.15) is 0 Å². The number of amides is 2. The van der Waals surface area contributed by atoms with Crippen molar-refractivity contribution in [2.24, 2.45) is 5.73 Å². The number of rotatable bonds is 9. The molecule has 1 aliphatic carbocycles. The van der Waals surface area contributed by atoms with E-state index in [0.717, 1.165) is 18.7 Å². The molecule has 8 nitrogen and oxygen atoms in total. The number of hydrogen-bond acceptors (Lipinski definition) is 6. The number of carbonyl (C=O) groups excluding carboxylic acids is 2. The number of nitrogens with one attached hydrogen (secondary N) is 1. The molecule has 0 radical (unpaired) electrons. The van der Waals surface area contributed by atoms with E-state index >= 15 is 0 Å². The van der Waals surface area contributed by atoms with Gasteiger partial charge < -0.3 is 20.0 Å². The summed E-state index contributed by atoms with van der Waals surface area (Å²) in [6.07, 6.45) is 4.44. The second kappa shape index (κ2) is 7.52. The zero-order valence-corrected chi connectivity index (χ0v) is 13.9. The van der Waals surface area contributed by atoms with Gasteiger partial charge >= 0.3 is 0 Å². The van der Waals surface area contributed by atoms with Crippen LogP contribution in [0.4, 0.5) is 0 Å². The predicted octanol–water partition coefficient (Wildman–Crippen LogP) is 1.03. The third kappa shape index (κ3) is 4.38. The minimum Gasteiger partial charge on any atom is -0.467 e. The Hall–Kier alpha value is -2.29. The lowest BCUT2D eigenvalue weighted by Gasteiger charge is -2.08. The average Bonchev–Trinajstić information content (AvgIpc) is 3.10. The molecule has 2 amide bonds. The molecule has 1 aliphatic rings. The molecule has 1 saturated carbocycles. The van der Waals surface area contributed by atoms with Crippen molar-refractivity contribution >= 4 is 23.6 Å². The highest BCUT2D eigenvalue weighted by Crippen LogP contribution is 2.38. The number of nitrogens with two attached hydrogens (primary N) is 1. The van der Waals surface area contributed by atoms with Crippen LogP contribution in [0.5, 0.6) is 0 Å². The van der Waals surface area contributed by atoms with Crippen LogP contribution in [0.15, 0.2) is 28.0 Å². The summed E-state index contributed by atoms with van der Waals surface area (Å²) in [6, 6.07) is 3.96. The molecule has 0 atom stereocenters. The fraction of sp³-hybridized carbons (Fsp3) is 0.467. The van der Waals surface area contributed by atoms with Gasteiger partial charge in [-0.1, -0.05) is 11.8 Å². The Bertz CT molecular complexity index is 709. The first-order valence-electron chi connectivity index (χ1n) is 7.77. The molecular weight excluding hydrogens is 330 g/mol. The van der Waals surface area contributed by atoms with Gasteiger partial charge in [0.15, 0.2) is 5.16 Å². The van der Waals surface area contributed by atoms with Crippen LogP contribution in [0.3, 0.4) is 0 Å². The van der Waals surface area contributed by atoms with Gasteiger partial charge in [0.25, 0.3) is 0 Å². The summed E-state index contributed by atoms with van der Waals surface area (Å²) in [4.78, 5) is 22.9. The molecule has 24 heavy (non-hydrogen) atoms. The summed E-state index contributed by atoms with van der Waals surface area (Å²) in [7, 11) is 0. The summed E-state index contributed by atoms with van der Waals surface area (Å²) >= 11 is 1.35. The Balaban J connectivity index is 1.54. The van der Waals surface area contributed by atoms with Gasteiger partial charge in [-0.25, -0.2) is 0 Å². The maximum Gasteiger partial charge on any atom is 0.230 e. The molecule has 128 valence electrons. The van der Waals surface area contributed by atoms with E-state index in [1.165, 1.54) is 11.8 Å². The van der Waals surface area contributed by atoms with E-state index in [9.17, 15) is 9.59 Å². The summed E-state index contributed by atoms with van der Waals surface area (Å²) in [5.74, 6) is 1.27. The first-order valence-corrected chi connectivity index (χ1v) is 8.76.